The van der Waals surface area contributed by atoms with E-state index in [1.807, 2.05) is 24.3 Å². The van der Waals surface area contributed by atoms with Crippen LogP contribution in [0.5, 0.6) is 11.5 Å². The highest BCUT2D eigenvalue weighted by Crippen LogP contribution is 2.37. The smallest absolute Gasteiger partial charge is 0.350 e. The monoisotopic (exact) mass is 489 g/mol. The van der Waals surface area contributed by atoms with Crippen LogP contribution in [0, 0.1) is 5.41 Å². The van der Waals surface area contributed by atoms with Gasteiger partial charge in [-0.25, -0.2) is 14.8 Å². The van der Waals surface area contributed by atoms with Gasteiger partial charge in [0.2, 0.25) is 0 Å². The van der Waals surface area contributed by atoms with Crippen LogP contribution in [0.4, 0.5) is 0 Å². The molecule has 0 aliphatic rings. The van der Waals surface area contributed by atoms with Gasteiger partial charge < -0.3 is 19.9 Å². The summed E-state index contributed by atoms with van der Waals surface area (Å²) in [5.41, 5.74) is 8.37. The molecule has 186 valence electrons. The van der Waals surface area contributed by atoms with Gasteiger partial charge in [0.1, 0.15) is 11.7 Å². The van der Waals surface area contributed by atoms with E-state index in [1.54, 1.807) is 51.9 Å². The normalized spacial score (nSPS) is 11.8. The quantitative estimate of drug-likeness (QED) is 0.226. The number of H-pyrrole nitrogens is 1. The van der Waals surface area contributed by atoms with Crippen molar-refractivity contribution in [1.29, 1.82) is 5.41 Å². The van der Waals surface area contributed by atoms with Crippen LogP contribution >= 0.6 is 0 Å². The van der Waals surface area contributed by atoms with Crippen LogP contribution < -0.4 is 20.9 Å². The van der Waals surface area contributed by atoms with E-state index in [0.717, 1.165) is 21.4 Å². The molecule has 4 aromatic rings. The second kappa shape index (κ2) is 10.8. The molecular formula is C25H27N7O4. The Balaban J connectivity index is 1.84. The van der Waals surface area contributed by atoms with Crippen LogP contribution in [0.3, 0.4) is 0 Å². The summed E-state index contributed by atoms with van der Waals surface area (Å²) in [4.78, 5) is 23.9. The molecule has 2 heterocycles. The highest BCUT2D eigenvalue weighted by atomic mass is 16.5. The van der Waals surface area contributed by atoms with Crippen molar-refractivity contribution in [2.24, 2.45) is 5.73 Å². The molecular weight excluding hydrogens is 462 g/mol. The molecule has 1 atom stereocenters. The molecule has 2 aromatic heterocycles. The number of aromatic amines is 1. The van der Waals surface area contributed by atoms with Gasteiger partial charge in [-0.15, -0.1) is 9.78 Å². The molecule has 0 aliphatic carbocycles. The summed E-state index contributed by atoms with van der Waals surface area (Å²) in [6.07, 6.45) is 3.58. The lowest BCUT2D eigenvalue weighted by molar-refractivity contribution is 0.180. The van der Waals surface area contributed by atoms with Crippen LogP contribution in [0.25, 0.3) is 5.95 Å². The van der Waals surface area contributed by atoms with E-state index in [2.05, 4.69) is 20.1 Å². The molecule has 0 bridgehead atoms. The molecule has 0 saturated heterocycles. The maximum atomic E-state index is 12.8. The summed E-state index contributed by atoms with van der Waals surface area (Å²) in [7, 11) is 4.74. The number of nitrogens with zero attached hydrogens (tertiary/aromatic N) is 4. The zero-order valence-electron chi connectivity index (χ0n) is 20.2. The minimum Gasteiger partial charge on any atom is -0.493 e. The molecule has 0 fully saturated rings. The molecule has 0 spiro atoms. The van der Waals surface area contributed by atoms with Crippen molar-refractivity contribution in [3.05, 3.63) is 93.4 Å². The number of hydrogen-bond acceptors (Lipinski definition) is 8. The van der Waals surface area contributed by atoms with Gasteiger partial charge in [0.05, 0.1) is 20.8 Å². The van der Waals surface area contributed by atoms with Gasteiger partial charge in [0.15, 0.2) is 11.5 Å². The van der Waals surface area contributed by atoms with E-state index >= 15 is 0 Å². The minimum atomic E-state index is -0.453. The Morgan fingerprint density at radius 1 is 1.11 bits per heavy atom. The predicted molar refractivity (Wildman–Crippen MR) is 133 cm³/mol. The molecule has 2 aromatic carbocycles. The number of hydrogen-bond donors (Lipinski definition) is 3. The average molecular weight is 490 g/mol. The molecule has 0 aliphatic heterocycles. The van der Waals surface area contributed by atoms with Crippen molar-refractivity contribution in [1.82, 2.24) is 24.7 Å². The van der Waals surface area contributed by atoms with Gasteiger partial charge in [-0.3, -0.25) is 10.4 Å². The second-order valence-corrected chi connectivity index (χ2v) is 7.99. The first-order chi connectivity index (χ1) is 17.4. The first kappa shape index (κ1) is 24.6. The molecule has 11 heteroatoms. The van der Waals surface area contributed by atoms with Crippen molar-refractivity contribution in [3.63, 3.8) is 0 Å². The number of aromatic nitrogens is 5. The van der Waals surface area contributed by atoms with Gasteiger partial charge in [0.25, 0.3) is 5.95 Å². The Morgan fingerprint density at radius 3 is 2.44 bits per heavy atom. The van der Waals surface area contributed by atoms with Crippen LogP contribution in [-0.2, 0) is 17.8 Å². The van der Waals surface area contributed by atoms with Crippen molar-refractivity contribution in [2.75, 3.05) is 21.3 Å². The largest absolute Gasteiger partial charge is 0.493 e. The van der Waals surface area contributed by atoms with Gasteiger partial charge in [-0.2, -0.15) is 0 Å². The molecule has 1 unspecified atom stereocenters. The maximum Gasteiger partial charge on any atom is 0.350 e. The van der Waals surface area contributed by atoms with E-state index in [1.165, 1.54) is 0 Å². The van der Waals surface area contributed by atoms with Gasteiger partial charge >= 0.3 is 5.69 Å². The fraction of sp³-hybridized carbons (Fsp3) is 0.240. The Hall–Kier alpha value is -4.51. The zero-order valence-corrected chi connectivity index (χ0v) is 20.2. The molecule has 0 saturated carbocycles. The third kappa shape index (κ3) is 5.10. The Bertz CT molecular complexity index is 1400. The molecule has 4 rings (SSSR count). The molecule has 11 nitrogen and oxygen atoms in total. The van der Waals surface area contributed by atoms with Gasteiger partial charge in [-0.05, 0) is 35.7 Å². The number of ether oxygens (including phenoxy) is 3. The third-order valence-corrected chi connectivity index (χ3v) is 5.69. The van der Waals surface area contributed by atoms with Crippen molar-refractivity contribution in [3.8, 4) is 17.4 Å². The first-order valence-electron chi connectivity index (χ1n) is 11.1. The number of nitrogens with two attached hydrogens (primary N) is 1. The van der Waals surface area contributed by atoms with Gasteiger partial charge in [0, 0.05) is 36.5 Å². The summed E-state index contributed by atoms with van der Waals surface area (Å²) >= 11 is 0. The average Bonchev–Trinajstić information content (AvgIpc) is 3.28. The predicted octanol–water partition coefficient (Wildman–Crippen LogP) is 2.17. The zero-order chi connectivity index (χ0) is 25.7. The van der Waals surface area contributed by atoms with Crippen LogP contribution in [0.1, 0.15) is 34.0 Å². The van der Waals surface area contributed by atoms with E-state index in [4.69, 9.17) is 25.4 Å². The number of nitrogens with one attached hydrogen (secondary N) is 2. The Morgan fingerprint density at radius 2 is 1.83 bits per heavy atom. The standard InChI is InChI=1S/C25H27N7O4/c1-34-14-18-12-17(13-20(35-2)21(18)36-3)19(11-15-5-7-16(8-6-15)22(26)27)23-30-25(33)32(31-23)24-28-9-4-10-29-24/h4-10,12-13,19H,11,14H2,1-3H3,(H3,26,27)(H,30,31,33). The van der Waals surface area contributed by atoms with E-state index in [-0.39, 0.29) is 17.7 Å². The summed E-state index contributed by atoms with van der Waals surface area (Å²) in [6.45, 7) is 0.302. The van der Waals surface area contributed by atoms with Crippen molar-refractivity contribution < 1.29 is 14.2 Å². The lowest BCUT2D eigenvalue weighted by Gasteiger charge is -2.20. The SMILES string of the molecule is COCc1cc(C(Cc2ccc(C(=N)N)cc2)c2nn(-c3ncccn3)c(=O)[nH]2)cc(OC)c1OC. The molecule has 0 radical (unpaired) electrons. The molecule has 4 N–H and O–H groups in total. The van der Waals surface area contributed by atoms with Crippen molar-refractivity contribution in [2.45, 2.75) is 18.9 Å². The summed E-state index contributed by atoms with van der Waals surface area (Å²) in [5.74, 6) is 1.33. The highest BCUT2D eigenvalue weighted by molar-refractivity contribution is 5.94. The lowest BCUT2D eigenvalue weighted by Crippen LogP contribution is -2.18. The Labute approximate surface area is 207 Å². The fourth-order valence-corrected chi connectivity index (χ4v) is 3.99. The molecule has 0 amide bonds. The van der Waals surface area contributed by atoms with Crippen LogP contribution in [0.2, 0.25) is 0 Å². The number of amidine groups is 1. The number of methoxy groups -OCH3 is 3. The van der Waals surface area contributed by atoms with Gasteiger partial charge in [-0.1, -0.05) is 24.3 Å². The minimum absolute atomic E-state index is 0.00636. The van der Waals surface area contributed by atoms with Crippen LogP contribution in [0.15, 0.2) is 59.7 Å². The second-order valence-electron chi connectivity index (χ2n) is 7.99. The highest BCUT2D eigenvalue weighted by Gasteiger charge is 2.24. The first-order valence-corrected chi connectivity index (χ1v) is 11.1. The number of rotatable bonds is 10. The van der Waals surface area contributed by atoms with Crippen LogP contribution in [-0.4, -0.2) is 51.9 Å². The molecule has 36 heavy (non-hydrogen) atoms. The number of nitrogen functional groups attached to an aromatic ring is 1. The summed E-state index contributed by atoms with van der Waals surface area (Å²) in [6, 6.07) is 12.9. The summed E-state index contributed by atoms with van der Waals surface area (Å²) < 4.78 is 17.7. The number of benzene rings is 2. The van der Waals surface area contributed by atoms with E-state index < -0.39 is 5.69 Å². The maximum absolute atomic E-state index is 12.8. The lowest BCUT2D eigenvalue weighted by atomic mass is 9.89. The summed E-state index contributed by atoms with van der Waals surface area (Å²) in [5, 5.41) is 12.2. The van der Waals surface area contributed by atoms with Crippen molar-refractivity contribution >= 4 is 5.84 Å². The topological polar surface area (TPSA) is 154 Å². The third-order valence-electron chi connectivity index (χ3n) is 5.69. The van der Waals surface area contributed by atoms with E-state index in [9.17, 15) is 4.79 Å². The Kier molecular flexibility index (Phi) is 7.40. The fourth-order valence-electron chi connectivity index (χ4n) is 3.99. The van der Waals surface area contributed by atoms with E-state index in [0.29, 0.717) is 35.9 Å².